The van der Waals surface area contributed by atoms with Crippen molar-refractivity contribution in [3.8, 4) is 23.0 Å². The van der Waals surface area contributed by atoms with E-state index in [1.807, 2.05) is 48.5 Å². The van der Waals surface area contributed by atoms with Crippen molar-refractivity contribution in [1.82, 2.24) is 21.3 Å². The molecule has 4 aromatic carbocycles. The van der Waals surface area contributed by atoms with Crippen LogP contribution in [0.15, 0.2) is 121 Å². The Balaban J connectivity index is 1.16. The van der Waals surface area contributed by atoms with Gasteiger partial charge in [-0.2, -0.15) is 0 Å². The van der Waals surface area contributed by atoms with Crippen LogP contribution in [0.1, 0.15) is 71.6 Å². The molecule has 4 aromatic rings. The zero-order chi connectivity index (χ0) is 35.3. The lowest BCUT2D eigenvalue weighted by Gasteiger charge is -2.38. The zero-order valence-corrected chi connectivity index (χ0v) is 29.1. The summed E-state index contributed by atoms with van der Waals surface area (Å²) in [6.45, 7) is 0. The van der Waals surface area contributed by atoms with Crippen molar-refractivity contribution < 1.29 is 20.4 Å². The van der Waals surface area contributed by atoms with Gasteiger partial charge >= 0.3 is 0 Å². The van der Waals surface area contributed by atoms with Gasteiger partial charge in [0.1, 0.15) is 23.0 Å². The van der Waals surface area contributed by atoms with Gasteiger partial charge in [0.25, 0.3) is 0 Å². The van der Waals surface area contributed by atoms with Gasteiger partial charge in [-0.3, -0.25) is 0 Å². The lowest BCUT2D eigenvalue weighted by atomic mass is 9.83. The molecule has 0 saturated carbocycles. The van der Waals surface area contributed by atoms with Crippen LogP contribution >= 0.6 is 0 Å². The van der Waals surface area contributed by atoms with Gasteiger partial charge in [0.05, 0.1) is 0 Å². The lowest BCUT2D eigenvalue weighted by Crippen LogP contribution is -2.52. The second-order valence-electron chi connectivity index (χ2n) is 15.6. The number of aromatic hydroxyl groups is 4. The maximum absolute atomic E-state index is 10.7. The van der Waals surface area contributed by atoms with Gasteiger partial charge in [-0.15, -0.1) is 0 Å². The average molecular weight is 697 g/mol. The highest BCUT2D eigenvalue weighted by molar-refractivity contribution is 5.41. The van der Waals surface area contributed by atoms with E-state index in [-0.39, 0.29) is 95.0 Å². The van der Waals surface area contributed by atoms with Crippen LogP contribution in [-0.4, -0.2) is 68.8 Å². The Hall–Kier alpha value is -4.60. The molecule has 9 rings (SSSR count). The zero-order valence-electron chi connectivity index (χ0n) is 29.1. The number of rotatable bonds is 4. The number of hydrogen-bond donors (Lipinski definition) is 8. The number of benzene rings is 4. The normalized spacial score (nSPS) is 35.2. The summed E-state index contributed by atoms with van der Waals surface area (Å²) in [5.41, 5.74) is 4.38. The summed E-state index contributed by atoms with van der Waals surface area (Å²) >= 11 is 0. The van der Waals surface area contributed by atoms with Crippen molar-refractivity contribution in [1.29, 1.82) is 0 Å². The standard InChI is InChI=1S/C44H48N4O4/c49-29-9-1-5-25(21-29)41-33-13-15-35(45-33)42(26-6-2-10-30(50)22-26)37-17-19-39(47-37)44(28-8-4-12-32(52)24-28)40-20-18-38(48-40)43(36-16-14-34(41)46-36)27-7-3-11-31(51)23-27/h1-16,21-24,33-52H,17-20H2. The molecule has 8 N–H and O–H groups in total. The van der Waals surface area contributed by atoms with Gasteiger partial charge in [0, 0.05) is 72.0 Å². The molecule has 0 spiro atoms. The molecule has 0 aromatic heterocycles. The van der Waals surface area contributed by atoms with Gasteiger partial charge in [0.2, 0.25) is 0 Å². The van der Waals surface area contributed by atoms with E-state index in [4.69, 9.17) is 0 Å². The summed E-state index contributed by atoms with van der Waals surface area (Å²) in [6.07, 6.45) is 13.1. The largest absolute Gasteiger partial charge is 0.508 e. The average Bonchev–Trinajstić information content (AvgIpc) is 3.96. The molecule has 3 fully saturated rings. The minimum absolute atomic E-state index is 0.00481. The smallest absolute Gasteiger partial charge is 0.115 e. The Bertz CT molecular complexity index is 1890. The highest BCUT2D eigenvalue weighted by Gasteiger charge is 2.47. The quantitative estimate of drug-likeness (QED) is 0.122. The first-order valence-electron chi connectivity index (χ1n) is 18.9. The van der Waals surface area contributed by atoms with Crippen molar-refractivity contribution in [3.63, 3.8) is 0 Å². The molecule has 5 aliphatic rings. The Morgan fingerprint density at radius 1 is 0.346 bits per heavy atom. The van der Waals surface area contributed by atoms with Crippen LogP contribution in [0.5, 0.6) is 23.0 Å². The van der Waals surface area contributed by atoms with Crippen molar-refractivity contribution in [2.45, 2.75) is 97.7 Å². The van der Waals surface area contributed by atoms with Crippen LogP contribution in [0.2, 0.25) is 0 Å². The Morgan fingerprint density at radius 3 is 0.981 bits per heavy atom. The fourth-order valence-corrected chi connectivity index (χ4v) is 10.5. The fraction of sp³-hybridized carbons (Fsp3) is 0.364. The lowest BCUT2D eigenvalue weighted by molar-refractivity contribution is 0.315. The Morgan fingerprint density at radius 2 is 0.635 bits per heavy atom. The van der Waals surface area contributed by atoms with E-state index in [0.717, 1.165) is 47.9 Å². The van der Waals surface area contributed by atoms with Crippen molar-refractivity contribution in [2.75, 3.05) is 0 Å². The Kier molecular flexibility index (Phi) is 8.79. The highest BCUT2D eigenvalue weighted by Crippen LogP contribution is 2.44. The molecule has 5 heterocycles. The van der Waals surface area contributed by atoms with Crippen LogP contribution in [-0.2, 0) is 0 Å². The van der Waals surface area contributed by atoms with Crippen LogP contribution in [0.25, 0.3) is 0 Å². The topological polar surface area (TPSA) is 129 Å². The fourth-order valence-electron chi connectivity index (χ4n) is 10.5. The van der Waals surface area contributed by atoms with Crippen molar-refractivity contribution in [3.05, 3.63) is 144 Å². The van der Waals surface area contributed by atoms with Gasteiger partial charge < -0.3 is 41.7 Å². The van der Waals surface area contributed by atoms with E-state index < -0.39 is 0 Å². The molecule has 10 unspecified atom stereocenters. The molecule has 3 saturated heterocycles. The first-order chi connectivity index (χ1) is 25.4. The maximum Gasteiger partial charge on any atom is 0.115 e. The summed E-state index contributed by atoms with van der Waals surface area (Å²) < 4.78 is 0. The predicted molar refractivity (Wildman–Crippen MR) is 203 cm³/mol. The number of phenolic OH excluding ortho intramolecular Hbond substituents is 4. The molecule has 0 amide bonds. The molecule has 0 aliphatic carbocycles. The summed E-state index contributed by atoms with van der Waals surface area (Å²) in [5.74, 6) is 1.29. The molecule has 5 aliphatic heterocycles. The van der Waals surface area contributed by atoms with E-state index >= 15 is 0 Å². The molecule has 10 atom stereocenters. The van der Waals surface area contributed by atoms with Gasteiger partial charge in [-0.25, -0.2) is 0 Å². The number of fused-ring (bicyclic) bond motifs is 8. The van der Waals surface area contributed by atoms with E-state index in [9.17, 15) is 20.4 Å². The SMILES string of the molecule is Oc1cccc(C2C3C=CC(N3)C(c3cccc(O)c3)C3CCC(N3)C(c3cccc(O)c3)C3CCC(N3)C(c3cccc(O)c3)C3C=CC2N3)c1. The monoisotopic (exact) mass is 696 g/mol. The van der Waals surface area contributed by atoms with E-state index in [1.165, 1.54) is 0 Å². The molecule has 8 nitrogen and oxygen atoms in total. The molecular formula is C44H48N4O4. The number of hydrogen-bond acceptors (Lipinski definition) is 8. The second kappa shape index (κ2) is 13.7. The molecular weight excluding hydrogens is 649 g/mol. The highest BCUT2D eigenvalue weighted by atomic mass is 16.3. The van der Waals surface area contributed by atoms with Crippen molar-refractivity contribution >= 4 is 0 Å². The van der Waals surface area contributed by atoms with Crippen LogP contribution < -0.4 is 21.3 Å². The van der Waals surface area contributed by atoms with Crippen LogP contribution in [0, 0.1) is 0 Å². The number of phenols is 4. The molecule has 268 valence electrons. The van der Waals surface area contributed by atoms with E-state index in [0.29, 0.717) is 0 Å². The minimum atomic E-state index is -0.0223. The third-order valence-corrected chi connectivity index (χ3v) is 12.6. The summed E-state index contributed by atoms with van der Waals surface area (Å²) in [6, 6.07) is 31.5. The molecule has 8 heteroatoms. The van der Waals surface area contributed by atoms with Crippen molar-refractivity contribution in [2.24, 2.45) is 0 Å². The first kappa shape index (κ1) is 33.3. The van der Waals surface area contributed by atoms with E-state index in [2.05, 4.69) is 69.8 Å². The third kappa shape index (κ3) is 6.28. The van der Waals surface area contributed by atoms with E-state index in [1.54, 1.807) is 24.3 Å². The molecule has 8 bridgehead atoms. The van der Waals surface area contributed by atoms with Crippen LogP contribution in [0.4, 0.5) is 0 Å². The third-order valence-electron chi connectivity index (χ3n) is 12.6. The second-order valence-corrected chi connectivity index (χ2v) is 15.6. The first-order valence-corrected chi connectivity index (χ1v) is 18.9. The Labute approximate surface area is 305 Å². The van der Waals surface area contributed by atoms with Crippen LogP contribution in [0.3, 0.4) is 0 Å². The van der Waals surface area contributed by atoms with Gasteiger partial charge in [-0.05, 0) is 96.5 Å². The molecule has 52 heavy (non-hydrogen) atoms. The number of nitrogens with one attached hydrogen (secondary N) is 4. The van der Waals surface area contributed by atoms with Gasteiger partial charge in [-0.1, -0.05) is 72.8 Å². The maximum atomic E-state index is 10.7. The van der Waals surface area contributed by atoms with Gasteiger partial charge in [0.15, 0.2) is 0 Å². The summed E-state index contributed by atoms with van der Waals surface area (Å²) in [4.78, 5) is 0. The molecule has 0 radical (unpaired) electrons. The minimum Gasteiger partial charge on any atom is -0.508 e. The summed E-state index contributed by atoms with van der Waals surface area (Å²) in [5, 5.41) is 59.0. The predicted octanol–water partition coefficient (Wildman–Crippen LogP) is 5.99. The summed E-state index contributed by atoms with van der Waals surface area (Å²) in [7, 11) is 0.